The molecule has 0 aromatic carbocycles. The number of anilines is 2. The largest absolute Gasteiger partial charge is 0.382 e. The molecule has 4 heterocycles. The number of nitrogens with zero attached hydrogens (tertiary/aromatic N) is 6. The summed E-state index contributed by atoms with van der Waals surface area (Å²) in [6.07, 6.45) is 8.54. The number of nitrogens with one attached hydrogen (secondary N) is 1. The Labute approximate surface area is 141 Å². The van der Waals surface area contributed by atoms with Gasteiger partial charge in [0.05, 0.1) is 11.3 Å². The van der Waals surface area contributed by atoms with Gasteiger partial charge < -0.3 is 11.1 Å². The Morgan fingerprint density at radius 1 is 1.17 bits per heavy atom. The van der Waals surface area contributed by atoms with Gasteiger partial charge in [0.2, 0.25) is 0 Å². The highest BCUT2D eigenvalue weighted by Gasteiger charge is 2.15. The summed E-state index contributed by atoms with van der Waals surface area (Å²) < 4.78 is 1.63. The summed E-state index contributed by atoms with van der Waals surface area (Å²) in [4.78, 5) is 17.0. The number of rotatable bonds is 4. The van der Waals surface area contributed by atoms with E-state index in [1.807, 2.05) is 24.4 Å². The Hall–Kier alpha value is -3.55. The minimum absolute atomic E-state index is 0. The number of fused-ring (bicyclic) bond motifs is 1. The molecule has 3 N–H and O–H groups in total. The summed E-state index contributed by atoms with van der Waals surface area (Å²) in [6.45, 7) is 0.618. The van der Waals surface area contributed by atoms with Crippen LogP contribution in [0.15, 0.2) is 55.4 Å². The van der Waals surface area contributed by atoms with Crippen molar-refractivity contribution >= 4 is 17.3 Å². The van der Waals surface area contributed by atoms with E-state index in [-0.39, 0.29) is 4.28 Å². The molecule has 0 saturated carbocycles. The van der Waals surface area contributed by atoms with Crippen LogP contribution in [0.25, 0.3) is 16.9 Å². The Bertz CT molecular complexity index is 993. The molecular weight excluding hydrogens is 304 g/mol. The van der Waals surface area contributed by atoms with Crippen LogP contribution in [0.3, 0.4) is 0 Å². The molecule has 0 atom stereocenters. The summed E-state index contributed by atoms with van der Waals surface area (Å²) in [6, 6.07) is 7.52. The van der Waals surface area contributed by atoms with E-state index in [9.17, 15) is 0 Å². The lowest BCUT2D eigenvalue weighted by molar-refractivity contribution is 0.945. The van der Waals surface area contributed by atoms with E-state index in [2.05, 4.69) is 30.4 Å². The second-order valence-electron chi connectivity index (χ2n) is 5.15. The van der Waals surface area contributed by atoms with E-state index in [0.29, 0.717) is 35.1 Å². The predicted octanol–water partition coefficient (Wildman–Crippen LogP) is 2.51. The van der Waals surface area contributed by atoms with Crippen molar-refractivity contribution in [3.05, 3.63) is 60.9 Å². The fourth-order valence-corrected chi connectivity index (χ4v) is 2.44. The number of nitrogens with two attached hydrogens (primary N) is 1. The standard InChI is InChI=1S/C16H14N8.3H2/c17-15-14(16-19-5-2-6-24(16)23-15)12-7-13(22-10-21-12)20-9-11-3-1-4-18-8-11;;;/h1-8,10H,9H2,(H2,17,23)(H,20,21,22);3*1H. The minimum atomic E-state index is 0. The van der Waals surface area contributed by atoms with Crippen LogP contribution in [0, 0.1) is 0 Å². The quantitative estimate of drug-likeness (QED) is 0.594. The SMILES string of the molecule is Nc1nn2cccnc2c1-c1cc(NCc2cccnc2)ncn1.[HH].[HH].[HH]. The van der Waals surface area contributed by atoms with E-state index in [1.54, 1.807) is 29.2 Å². The van der Waals surface area contributed by atoms with Crippen molar-refractivity contribution in [3.8, 4) is 11.3 Å². The maximum Gasteiger partial charge on any atom is 0.166 e. The van der Waals surface area contributed by atoms with Crippen LogP contribution in [-0.2, 0) is 6.54 Å². The van der Waals surface area contributed by atoms with Crippen LogP contribution in [0.2, 0.25) is 0 Å². The average molecular weight is 324 g/mol. The van der Waals surface area contributed by atoms with E-state index in [0.717, 1.165) is 5.56 Å². The molecule has 0 fully saturated rings. The van der Waals surface area contributed by atoms with Gasteiger partial charge in [0.15, 0.2) is 11.5 Å². The zero-order valence-electron chi connectivity index (χ0n) is 12.7. The molecule has 0 aliphatic heterocycles. The molecule has 0 bridgehead atoms. The van der Waals surface area contributed by atoms with E-state index in [1.165, 1.54) is 6.33 Å². The Kier molecular flexibility index (Phi) is 3.47. The molecule has 0 saturated heterocycles. The van der Waals surface area contributed by atoms with Crippen LogP contribution in [0.1, 0.15) is 9.84 Å². The number of hydrogen-bond donors (Lipinski definition) is 2. The number of pyridine rings is 1. The van der Waals surface area contributed by atoms with Crippen LogP contribution >= 0.6 is 0 Å². The third kappa shape index (κ3) is 2.60. The molecule has 0 unspecified atom stereocenters. The lowest BCUT2D eigenvalue weighted by atomic mass is 10.2. The molecule has 4 rings (SSSR count). The molecule has 4 aromatic rings. The Balaban J connectivity index is 0.00000121. The molecule has 124 valence electrons. The first kappa shape index (κ1) is 14.1. The van der Waals surface area contributed by atoms with E-state index in [4.69, 9.17) is 5.73 Å². The zero-order valence-corrected chi connectivity index (χ0v) is 12.7. The van der Waals surface area contributed by atoms with Crippen molar-refractivity contribution in [2.24, 2.45) is 0 Å². The molecule has 4 aromatic heterocycles. The molecule has 0 amide bonds. The first-order valence-corrected chi connectivity index (χ1v) is 7.35. The maximum absolute atomic E-state index is 6.04. The molecule has 24 heavy (non-hydrogen) atoms. The predicted molar refractivity (Wildman–Crippen MR) is 96.3 cm³/mol. The highest BCUT2D eigenvalue weighted by atomic mass is 15.3. The Morgan fingerprint density at radius 3 is 3.00 bits per heavy atom. The second kappa shape index (κ2) is 5.92. The number of nitrogen functional groups attached to an aromatic ring is 1. The molecule has 0 aliphatic rings. The summed E-state index contributed by atoms with van der Waals surface area (Å²) in [5, 5.41) is 7.51. The van der Waals surface area contributed by atoms with Crippen molar-refractivity contribution in [3.63, 3.8) is 0 Å². The fraction of sp³-hybridized carbons (Fsp3) is 0.0625. The highest BCUT2D eigenvalue weighted by Crippen LogP contribution is 2.28. The van der Waals surface area contributed by atoms with Crippen molar-refractivity contribution < 1.29 is 4.28 Å². The summed E-state index contributed by atoms with van der Waals surface area (Å²) in [5.74, 6) is 1.07. The van der Waals surface area contributed by atoms with Gasteiger partial charge in [-0.2, -0.15) is 0 Å². The first-order chi connectivity index (χ1) is 11.8. The van der Waals surface area contributed by atoms with Crippen LogP contribution in [-0.4, -0.2) is 29.5 Å². The topological polar surface area (TPSA) is 107 Å². The van der Waals surface area contributed by atoms with Gasteiger partial charge in [0.1, 0.15) is 12.1 Å². The van der Waals surface area contributed by atoms with Gasteiger partial charge in [-0.3, -0.25) is 4.98 Å². The first-order valence-electron chi connectivity index (χ1n) is 7.35. The van der Waals surface area contributed by atoms with Gasteiger partial charge in [-0.05, 0) is 17.7 Å². The third-order valence-corrected chi connectivity index (χ3v) is 3.54. The summed E-state index contributed by atoms with van der Waals surface area (Å²) in [7, 11) is 0. The zero-order chi connectivity index (χ0) is 16.4. The van der Waals surface area contributed by atoms with E-state index < -0.39 is 0 Å². The second-order valence-corrected chi connectivity index (χ2v) is 5.15. The normalized spacial score (nSPS) is 10.8. The monoisotopic (exact) mass is 324 g/mol. The number of aromatic nitrogens is 6. The molecule has 0 aliphatic carbocycles. The smallest absolute Gasteiger partial charge is 0.166 e. The van der Waals surface area contributed by atoms with Gasteiger partial charge in [-0.15, -0.1) is 5.10 Å². The van der Waals surface area contributed by atoms with Gasteiger partial charge in [0, 0.05) is 41.7 Å². The Morgan fingerprint density at radius 2 is 2.12 bits per heavy atom. The van der Waals surface area contributed by atoms with Crippen molar-refractivity contribution in [1.82, 2.24) is 29.5 Å². The van der Waals surface area contributed by atoms with Crippen LogP contribution in [0.4, 0.5) is 11.6 Å². The molecule has 0 spiro atoms. The summed E-state index contributed by atoms with van der Waals surface area (Å²) in [5.41, 5.74) is 9.13. The maximum atomic E-state index is 6.04. The molecule has 8 heteroatoms. The molecule has 0 radical (unpaired) electrons. The number of hydrogen-bond acceptors (Lipinski definition) is 7. The van der Waals surface area contributed by atoms with Crippen LogP contribution < -0.4 is 11.1 Å². The van der Waals surface area contributed by atoms with Gasteiger partial charge in [0.25, 0.3) is 0 Å². The van der Waals surface area contributed by atoms with Crippen molar-refractivity contribution in [2.75, 3.05) is 11.1 Å². The third-order valence-electron chi connectivity index (χ3n) is 3.54. The molecule has 8 nitrogen and oxygen atoms in total. The van der Waals surface area contributed by atoms with Crippen LogP contribution in [0.5, 0.6) is 0 Å². The summed E-state index contributed by atoms with van der Waals surface area (Å²) >= 11 is 0. The molecular formula is C16H20N8. The fourth-order valence-electron chi connectivity index (χ4n) is 2.44. The van der Waals surface area contributed by atoms with Crippen molar-refractivity contribution in [1.29, 1.82) is 0 Å². The van der Waals surface area contributed by atoms with E-state index >= 15 is 0 Å². The van der Waals surface area contributed by atoms with Crippen molar-refractivity contribution in [2.45, 2.75) is 6.54 Å². The highest BCUT2D eigenvalue weighted by molar-refractivity contribution is 5.84. The van der Waals surface area contributed by atoms with Gasteiger partial charge in [-0.25, -0.2) is 19.5 Å². The van der Waals surface area contributed by atoms with Gasteiger partial charge >= 0.3 is 0 Å². The lowest BCUT2D eigenvalue weighted by Crippen LogP contribution is -2.02. The average Bonchev–Trinajstić information content (AvgIpc) is 2.97. The van der Waals surface area contributed by atoms with Gasteiger partial charge in [-0.1, -0.05) is 6.07 Å². The lowest BCUT2D eigenvalue weighted by Gasteiger charge is -2.06. The minimum Gasteiger partial charge on any atom is -0.382 e.